The number of carbonyl (C=O) groups excluding carboxylic acids is 3. The van der Waals surface area contributed by atoms with Crippen LogP contribution >= 0.6 is 34.9 Å². The number of thioether (sulfide) groups is 2. The summed E-state index contributed by atoms with van der Waals surface area (Å²) < 4.78 is 2.58. The number of nitrogens with one attached hydrogen (secondary N) is 1. The molecule has 1 saturated heterocycles. The SMILES string of the molecule is C[n+]1ccc(SCC2=C(C(=O)[O-])N3C(=O)[C@@H](NC(=O)/C(=N/OCc4cc(=O)c(O)cn4O)c4csc(N)n4)[C@H]3SC2)c2c1CCC2.[Na]. The largest absolute Gasteiger partial charge is 0.543 e. The van der Waals surface area contributed by atoms with Gasteiger partial charge in [-0.05, 0) is 18.4 Å². The summed E-state index contributed by atoms with van der Waals surface area (Å²) >= 11 is 3.90. The van der Waals surface area contributed by atoms with Gasteiger partial charge in [-0.1, -0.05) is 5.16 Å². The first kappa shape index (κ1) is 34.8. The van der Waals surface area contributed by atoms with Gasteiger partial charge in [0.15, 0.2) is 35.1 Å². The number of anilines is 1. The Morgan fingerprint density at radius 1 is 1.34 bits per heavy atom. The van der Waals surface area contributed by atoms with E-state index in [9.17, 15) is 34.6 Å². The summed E-state index contributed by atoms with van der Waals surface area (Å²) in [7, 11) is 2.01. The molecule has 241 valence electrons. The summed E-state index contributed by atoms with van der Waals surface area (Å²) in [4.78, 5) is 62.2. The van der Waals surface area contributed by atoms with Gasteiger partial charge in [0.1, 0.15) is 29.9 Å². The fourth-order valence-electron chi connectivity index (χ4n) is 5.47. The maximum absolute atomic E-state index is 13.4. The van der Waals surface area contributed by atoms with Gasteiger partial charge in [0, 0.05) is 75.5 Å². The van der Waals surface area contributed by atoms with E-state index >= 15 is 0 Å². The van der Waals surface area contributed by atoms with Gasteiger partial charge >= 0.3 is 0 Å². The van der Waals surface area contributed by atoms with E-state index in [2.05, 4.69) is 20.0 Å². The average Bonchev–Trinajstić information content (AvgIpc) is 3.69. The number of aromatic nitrogens is 3. The summed E-state index contributed by atoms with van der Waals surface area (Å²) in [6.45, 7) is -0.470. The number of carboxylic acids is 1. The van der Waals surface area contributed by atoms with Crippen molar-refractivity contribution in [3.05, 3.63) is 74.0 Å². The molecule has 1 fully saturated rings. The number of fused-ring (bicyclic) bond motifs is 2. The molecule has 2 aliphatic heterocycles. The Morgan fingerprint density at radius 2 is 2.13 bits per heavy atom. The van der Waals surface area contributed by atoms with Gasteiger partial charge in [-0.3, -0.25) is 19.3 Å². The number of carboxylic acid groups (broad SMARTS) is 1. The van der Waals surface area contributed by atoms with Crippen LogP contribution in [0.1, 0.15) is 29.1 Å². The third kappa shape index (κ3) is 6.88. The minimum Gasteiger partial charge on any atom is -0.543 e. The number of carbonyl (C=O) groups is 3. The molecule has 1 radical (unpaired) electrons. The van der Waals surface area contributed by atoms with Crippen LogP contribution in [0.25, 0.3) is 0 Å². The van der Waals surface area contributed by atoms with Crippen LogP contribution in [0.4, 0.5) is 5.13 Å². The van der Waals surface area contributed by atoms with Crippen LogP contribution in [-0.4, -0.2) is 101 Å². The number of hydrogen-bond acceptors (Lipinski definition) is 14. The molecule has 2 atom stereocenters. The summed E-state index contributed by atoms with van der Waals surface area (Å²) in [5.41, 5.74) is 7.53. The van der Waals surface area contributed by atoms with E-state index in [0.717, 1.165) is 52.7 Å². The maximum Gasteiger partial charge on any atom is 0.276 e. The van der Waals surface area contributed by atoms with Gasteiger partial charge in [-0.25, -0.2) is 9.55 Å². The number of pyridine rings is 2. The number of oxime groups is 1. The molecule has 2 amide bonds. The monoisotopic (exact) mass is 708 g/mol. The predicted molar refractivity (Wildman–Crippen MR) is 171 cm³/mol. The fraction of sp³-hybridized carbons (Fsp3) is 0.321. The van der Waals surface area contributed by atoms with E-state index in [1.54, 1.807) is 0 Å². The molecule has 15 nitrogen and oxygen atoms in total. The van der Waals surface area contributed by atoms with Crippen LogP contribution in [0.3, 0.4) is 0 Å². The Bertz CT molecular complexity index is 1900. The first-order valence-electron chi connectivity index (χ1n) is 13.9. The van der Waals surface area contributed by atoms with Crippen LogP contribution in [0.15, 0.2) is 56.0 Å². The topological polar surface area (TPSA) is 216 Å². The predicted octanol–water partition coefficient (Wildman–Crippen LogP) is -1.12. The molecule has 1 aliphatic carbocycles. The fourth-order valence-corrected chi connectivity index (χ4v) is 8.61. The minimum absolute atomic E-state index is 0. The first-order chi connectivity index (χ1) is 22.0. The second kappa shape index (κ2) is 14.3. The zero-order valence-corrected chi connectivity index (χ0v) is 29.6. The molecular weight excluding hydrogens is 682 g/mol. The van der Waals surface area contributed by atoms with E-state index in [1.807, 2.05) is 19.3 Å². The van der Waals surface area contributed by atoms with Crippen molar-refractivity contribution in [2.75, 3.05) is 17.2 Å². The van der Waals surface area contributed by atoms with Crippen molar-refractivity contribution in [2.24, 2.45) is 12.2 Å². The minimum atomic E-state index is -1.46. The second-order valence-corrected chi connectivity index (χ2v) is 13.6. The standard InChI is InChI=1S/C28H27N7O8S3.Na/c1-33-6-5-20(15-3-2-4-17(15)33)44-10-13-11-45-26-22(25(39)35(26)23(13)27(40)41)31-24(38)21(16-12-46-28(29)30-16)32-43-9-14-7-18(36)19(37)8-34(14)42;/h5-8,12,22,26,42H,2-4,9-11H2,1H3,(H4-,29,30,31,37,38,40,41);/b32-21+;/t22-,26-;/m1./s1. The normalized spacial score (nSPS) is 18.6. The number of nitrogens with zero attached hydrogens (tertiary/aromatic N) is 5. The summed E-state index contributed by atoms with van der Waals surface area (Å²) in [6, 6.07) is 1.88. The molecule has 3 aromatic heterocycles. The third-order valence-corrected chi connectivity index (χ3v) is 10.9. The quantitative estimate of drug-likeness (QED) is 0.0375. The van der Waals surface area contributed by atoms with Crippen molar-refractivity contribution in [1.82, 2.24) is 19.9 Å². The third-order valence-electron chi connectivity index (χ3n) is 7.73. The van der Waals surface area contributed by atoms with E-state index in [-0.39, 0.29) is 57.5 Å². The molecule has 0 saturated carbocycles. The molecule has 5 N–H and O–H groups in total. The van der Waals surface area contributed by atoms with Gasteiger partial charge in [0.25, 0.3) is 11.8 Å². The smallest absolute Gasteiger partial charge is 0.276 e. The van der Waals surface area contributed by atoms with Crippen LogP contribution < -0.4 is 26.2 Å². The van der Waals surface area contributed by atoms with Crippen molar-refractivity contribution in [2.45, 2.75) is 42.2 Å². The molecule has 3 aliphatic rings. The second-order valence-electron chi connectivity index (χ2n) is 10.6. The molecule has 6 rings (SSSR count). The molecular formula is C28H27N7NaO8S3. The van der Waals surface area contributed by atoms with E-state index in [4.69, 9.17) is 10.6 Å². The van der Waals surface area contributed by atoms with Gasteiger partial charge in [0.2, 0.25) is 5.43 Å². The number of amides is 2. The summed E-state index contributed by atoms with van der Waals surface area (Å²) in [6.07, 6.45) is 5.81. The summed E-state index contributed by atoms with van der Waals surface area (Å²) in [5.74, 6) is -2.92. The zero-order chi connectivity index (χ0) is 32.7. The molecule has 0 aromatic carbocycles. The Labute approximate surface area is 301 Å². The molecule has 0 bridgehead atoms. The molecule has 0 unspecified atom stereocenters. The average molecular weight is 709 g/mol. The Kier molecular flexibility index (Phi) is 10.6. The zero-order valence-electron chi connectivity index (χ0n) is 25.2. The van der Waals surface area contributed by atoms with Crippen LogP contribution in [0.5, 0.6) is 5.75 Å². The van der Waals surface area contributed by atoms with E-state index in [1.165, 1.54) is 40.2 Å². The number of nitrogen functional groups attached to an aromatic ring is 1. The van der Waals surface area contributed by atoms with E-state index in [0.29, 0.717) is 21.8 Å². The molecule has 47 heavy (non-hydrogen) atoms. The maximum atomic E-state index is 13.4. The Balaban J connectivity index is 0.00000433. The van der Waals surface area contributed by atoms with Gasteiger partial charge in [-0.2, -0.15) is 4.73 Å². The number of aliphatic carboxylic acids is 1. The first-order valence-corrected chi connectivity index (χ1v) is 16.8. The number of nitrogens with two attached hydrogens (primary N) is 1. The number of β-lactam (4-membered cyclic amide) rings is 1. The van der Waals surface area contributed by atoms with Crippen molar-refractivity contribution in [1.29, 1.82) is 0 Å². The van der Waals surface area contributed by atoms with Crippen LogP contribution in [0.2, 0.25) is 0 Å². The van der Waals surface area contributed by atoms with Gasteiger partial charge in [0.05, 0.1) is 17.9 Å². The van der Waals surface area contributed by atoms with Crippen molar-refractivity contribution < 1.29 is 39.2 Å². The Morgan fingerprint density at radius 3 is 2.85 bits per heavy atom. The number of hydrogen-bond donors (Lipinski definition) is 4. The van der Waals surface area contributed by atoms with Crippen molar-refractivity contribution in [3.63, 3.8) is 0 Å². The summed E-state index contributed by atoms with van der Waals surface area (Å²) in [5, 5.41) is 39.0. The van der Waals surface area contributed by atoms with Crippen LogP contribution in [0, 0.1) is 0 Å². The molecule has 19 heteroatoms. The number of rotatable bonds is 10. The molecule has 3 aromatic rings. The van der Waals surface area contributed by atoms with Crippen LogP contribution in [-0.2, 0) is 45.7 Å². The van der Waals surface area contributed by atoms with Crippen molar-refractivity contribution in [3.8, 4) is 5.75 Å². The Hall–Kier alpha value is -3.55. The van der Waals surface area contributed by atoms with Crippen molar-refractivity contribution >= 4 is 93.0 Å². The van der Waals surface area contributed by atoms with Gasteiger partial charge in [-0.15, -0.1) is 34.9 Å². The number of aryl methyl sites for hydroxylation is 1. The number of aromatic hydroxyl groups is 1. The number of thiazole rings is 1. The molecule has 0 spiro atoms. The van der Waals surface area contributed by atoms with E-state index < -0.39 is 47.0 Å². The van der Waals surface area contributed by atoms with Gasteiger partial charge < -0.3 is 36.1 Å². The molecule has 5 heterocycles.